The molecule has 3 nitrogen and oxygen atoms in total. The third kappa shape index (κ3) is 1.92. The summed E-state index contributed by atoms with van der Waals surface area (Å²) in [6.45, 7) is 7.25. The maximum absolute atomic E-state index is 11.6. The summed E-state index contributed by atoms with van der Waals surface area (Å²) in [5.74, 6) is 1.22. The lowest BCUT2D eigenvalue weighted by Gasteiger charge is -2.47. The van der Waals surface area contributed by atoms with Crippen LogP contribution >= 0.6 is 0 Å². The number of carbonyl (C=O) groups excluding carboxylic acids is 1. The van der Waals surface area contributed by atoms with Crippen LogP contribution < -0.4 is 5.32 Å². The fourth-order valence-electron chi connectivity index (χ4n) is 2.22. The summed E-state index contributed by atoms with van der Waals surface area (Å²) in [6, 6.07) is 0. The Morgan fingerprint density at radius 1 is 1.57 bits per heavy atom. The van der Waals surface area contributed by atoms with Gasteiger partial charge in [0, 0.05) is 0 Å². The van der Waals surface area contributed by atoms with E-state index in [-0.39, 0.29) is 11.5 Å². The van der Waals surface area contributed by atoms with Crippen molar-refractivity contribution >= 4 is 5.97 Å². The summed E-state index contributed by atoms with van der Waals surface area (Å²) in [4.78, 5) is 11.6. The quantitative estimate of drug-likeness (QED) is 0.698. The predicted octanol–water partition coefficient (Wildman–Crippen LogP) is 1.57. The molecule has 1 fully saturated rings. The minimum atomic E-state index is -0.377. The first-order chi connectivity index (χ1) is 6.55. The number of esters is 1. The number of hydrogen-bond acceptors (Lipinski definition) is 3. The van der Waals surface area contributed by atoms with Gasteiger partial charge in [-0.05, 0) is 31.2 Å². The molecule has 1 aliphatic carbocycles. The third-order valence-electron chi connectivity index (χ3n) is 3.26. The Hall–Kier alpha value is -0.570. The number of nitrogens with one attached hydrogen (secondary N) is 1. The molecule has 0 heterocycles. The Bertz CT molecular complexity index is 207. The van der Waals surface area contributed by atoms with E-state index < -0.39 is 0 Å². The molecule has 0 unspecified atom stereocenters. The number of likely N-dealkylation sites (N-methyl/N-ethyl adjacent to an activating group) is 1. The molecular formula is C11H21NO2. The van der Waals surface area contributed by atoms with E-state index in [1.165, 1.54) is 7.11 Å². The maximum Gasteiger partial charge on any atom is 0.326 e. The second kappa shape index (κ2) is 4.30. The normalized spacial score (nSPS) is 31.4. The van der Waals surface area contributed by atoms with Crippen molar-refractivity contribution in [3.05, 3.63) is 0 Å². The number of methoxy groups -OCH3 is 1. The molecule has 0 radical (unpaired) electrons. The van der Waals surface area contributed by atoms with Gasteiger partial charge in [-0.25, -0.2) is 0 Å². The van der Waals surface area contributed by atoms with Crippen molar-refractivity contribution in [2.45, 2.75) is 39.2 Å². The van der Waals surface area contributed by atoms with E-state index in [4.69, 9.17) is 4.74 Å². The Balaban J connectivity index is 2.57. The zero-order valence-electron chi connectivity index (χ0n) is 9.59. The molecule has 0 aromatic rings. The minimum Gasteiger partial charge on any atom is -0.468 e. The Kier molecular flexibility index (Phi) is 3.53. The van der Waals surface area contributed by atoms with Crippen LogP contribution in [-0.4, -0.2) is 25.2 Å². The maximum atomic E-state index is 11.6. The average molecular weight is 199 g/mol. The molecular weight excluding hydrogens is 178 g/mol. The van der Waals surface area contributed by atoms with Gasteiger partial charge in [0.05, 0.1) is 7.11 Å². The topological polar surface area (TPSA) is 38.3 Å². The SMILES string of the molecule is CCNC1(C(=O)OC)CC(C(C)C)C1. The minimum absolute atomic E-state index is 0.101. The van der Waals surface area contributed by atoms with Crippen LogP contribution in [0, 0.1) is 11.8 Å². The van der Waals surface area contributed by atoms with Gasteiger partial charge < -0.3 is 10.1 Å². The van der Waals surface area contributed by atoms with Gasteiger partial charge in [0.25, 0.3) is 0 Å². The zero-order chi connectivity index (χ0) is 10.8. The molecule has 0 aliphatic heterocycles. The Morgan fingerprint density at radius 3 is 2.50 bits per heavy atom. The van der Waals surface area contributed by atoms with Crippen LogP contribution in [0.3, 0.4) is 0 Å². The lowest BCUT2D eigenvalue weighted by molar-refractivity contribution is -0.156. The van der Waals surface area contributed by atoms with Crippen LogP contribution in [0.1, 0.15) is 33.6 Å². The van der Waals surface area contributed by atoms with E-state index in [2.05, 4.69) is 19.2 Å². The highest BCUT2D eigenvalue weighted by atomic mass is 16.5. The smallest absolute Gasteiger partial charge is 0.326 e. The number of rotatable bonds is 4. The first-order valence-electron chi connectivity index (χ1n) is 5.39. The number of hydrogen-bond donors (Lipinski definition) is 1. The van der Waals surface area contributed by atoms with E-state index >= 15 is 0 Å². The lowest BCUT2D eigenvalue weighted by atomic mass is 9.64. The molecule has 0 aromatic heterocycles. The Morgan fingerprint density at radius 2 is 2.14 bits per heavy atom. The zero-order valence-corrected chi connectivity index (χ0v) is 9.59. The molecule has 0 saturated heterocycles. The van der Waals surface area contributed by atoms with Crippen molar-refractivity contribution in [2.75, 3.05) is 13.7 Å². The van der Waals surface area contributed by atoms with Gasteiger partial charge in [0.1, 0.15) is 5.54 Å². The molecule has 0 spiro atoms. The summed E-state index contributed by atoms with van der Waals surface area (Å²) in [5.41, 5.74) is -0.377. The summed E-state index contributed by atoms with van der Waals surface area (Å²) < 4.78 is 4.84. The highest BCUT2D eigenvalue weighted by Gasteiger charge is 2.51. The molecule has 14 heavy (non-hydrogen) atoms. The molecule has 82 valence electrons. The van der Waals surface area contributed by atoms with Crippen LogP contribution in [0.2, 0.25) is 0 Å². The van der Waals surface area contributed by atoms with Crippen molar-refractivity contribution < 1.29 is 9.53 Å². The highest BCUT2D eigenvalue weighted by molar-refractivity contribution is 5.82. The summed E-state index contributed by atoms with van der Waals surface area (Å²) in [7, 11) is 1.46. The lowest BCUT2D eigenvalue weighted by Crippen LogP contribution is -2.62. The van der Waals surface area contributed by atoms with Gasteiger partial charge >= 0.3 is 5.97 Å². The van der Waals surface area contributed by atoms with Crippen LogP contribution in [0.4, 0.5) is 0 Å². The molecule has 0 aromatic carbocycles. The largest absolute Gasteiger partial charge is 0.468 e. The highest BCUT2D eigenvalue weighted by Crippen LogP contribution is 2.42. The van der Waals surface area contributed by atoms with E-state index in [1.54, 1.807) is 0 Å². The van der Waals surface area contributed by atoms with Gasteiger partial charge in [0.2, 0.25) is 0 Å². The van der Waals surface area contributed by atoms with Gasteiger partial charge in [-0.1, -0.05) is 20.8 Å². The van der Waals surface area contributed by atoms with Crippen LogP contribution in [0.15, 0.2) is 0 Å². The Labute approximate surface area is 86.2 Å². The standard InChI is InChI=1S/C11H21NO2/c1-5-12-11(10(13)14-4)6-9(7-11)8(2)3/h8-9,12H,5-7H2,1-4H3. The van der Waals surface area contributed by atoms with E-state index in [0.29, 0.717) is 11.8 Å². The summed E-state index contributed by atoms with van der Waals surface area (Å²) >= 11 is 0. The first kappa shape index (κ1) is 11.5. The van der Waals surface area contributed by atoms with E-state index in [9.17, 15) is 4.79 Å². The van der Waals surface area contributed by atoms with Crippen molar-refractivity contribution in [3.8, 4) is 0 Å². The van der Waals surface area contributed by atoms with Crippen molar-refractivity contribution in [2.24, 2.45) is 11.8 Å². The van der Waals surface area contributed by atoms with Gasteiger partial charge in [0.15, 0.2) is 0 Å². The fraction of sp³-hybridized carbons (Fsp3) is 0.909. The molecule has 1 N–H and O–H groups in total. The molecule has 3 heteroatoms. The first-order valence-corrected chi connectivity index (χ1v) is 5.39. The predicted molar refractivity (Wildman–Crippen MR) is 56.0 cm³/mol. The second-order valence-electron chi connectivity index (χ2n) is 4.52. The summed E-state index contributed by atoms with van der Waals surface area (Å²) in [5, 5.41) is 3.26. The number of ether oxygens (including phenoxy) is 1. The van der Waals surface area contributed by atoms with Crippen LogP contribution in [-0.2, 0) is 9.53 Å². The molecule has 0 bridgehead atoms. The third-order valence-corrected chi connectivity index (χ3v) is 3.26. The molecule has 1 aliphatic rings. The monoisotopic (exact) mass is 199 g/mol. The van der Waals surface area contributed by atoms with E-state index in [0.717, 1.165) is 19.4 Å². The molecule has 1 rings (SSSR count). The fourth-order valence-corrected chi connectivity index (χ4v) is 2.22. The number of carbonyl (C=O) groups is 1. The van der Waals surface area contributed by atoms with Crippen molar-refractivity contribution in [3.63, 3.8) is 0 Å². The average Bonchev–Trinajstić information content (AvgIpc) is 2.08. The van der Waals surface area contributed by atoms with Crippen molar-refractivity contribution in [1.82, 2.24) is 5.32 Å². The van der Waals surface area contributed by atoms with Crippen molar-refractivity contribution in [1.29, 1.82) is 0 Å². The van der Waals surface area contributed by atoms with Crippen LogP contribution in [0.25, 0.3) is 0 Å². The van der Waals surface area contributed by atoms with E-state index in [1.807, 2.05) is 6.92 Å². The van der Waals surface area contributed by atoms with Gasteiger partial charge in [-0.15, -0.1) is 0 Å². The summed E-state index contributed by atoms with van der Waals surface area (Å²) in [6.07, 6.45) is 1.84. The van der Waals surface area contributed by atoms with Gasteiger partial charge in [-0.3, -0.25) is 4.79 Å². The molecule has 0 amide bonds. The molecule has 1 saturated carbocycles. The van der Waals surface area contributed by atoms with Crippen LogP contribution in [0.5, 0.6) is 0 Å². The second-order valence-corrected chi connectivity index (χ2v) is 4.52. The molecule has 0 atom stereocenters. The van der Waals surface area contributed by atoms with Gasteiger partial charge in [-0.2, -0.15) is 0 Å².